The zero-order valence-electron chi connectivity index (χ0n) is 9.14. The maximum Gasteiger partial charge on any atom is 0.236 e. The Labute approximate surface area is 105 Å². The second-order valence-electron chi connectivity index (χ2n) is 3.64. The quantitative estimate of drug-likeness (QED) is 0.742. The average Bonchev–Trinajstić information content (AvgIpc) is 2.41. The lowest BCUT2D eigenvalue weighted by molar-refractivity contribution is 0.122. The minimum Gasteiger partial charge on any atom is -0.465 e. The van der Waals surface area contributed by atoms with Crippen LogP contribution in [0, 0.1) is 0 Å². The number of rotatable bonds is 4. The first-order valence-electron chi connectivity index (χ1n) is 5.29. The van der Waals surface area contributed by atoms with Crippen LogP contribution in [0.3, 0.4) is 0 Å². The predicted molar refractivity (Wildman–Crippen MR) is 67.0 cm³/mol. The number of hydrogen-bond donors (Lipinski definition) is 0. The van der Waals surface area contributed by atoms with Crippen molar-refractivity contribution in [1.82, 2.24) is 0 Å². The van der Waals surface area contributed by atoms with Gasteiger partial charge in [-0.25, -0.2) is 4.39 Å². The standard InChI is InChI=1S/C14H12ClFO/c15-14(11-16,12-7-3-1-4-8-12)17-13-9-5-2-6-10-13/h1-10H,11H2. The number of alkyl halides is 2. The summed E-state index contributed by atoms with van der Waals surface area (Å²) in [4.78, 5) is 0. The molecule has 0 saturated heterocycles. The average molecular weight is 251 g/mol. The van der Waals surface area contributed by atoms with E-state index >= 15 is 0 Å². The molecule has 0 radical (unpaired) electrons. The first-order valence-corrected chi connectivity index (χ1v) is 5.67. The molecule has 1 unspecified atom stereocenters. The molecule has 0 fully saturated rings. The van der Waals surface area contributed by atoms with Gasteiger partial charge < -0.3 is 4.74 Å². The molecule has 0 heterocycles. The van der Waals surface area contributed by atoms with E-state index in [4.69, 9.17) is 16.3 Å². The van der Waals surface area contributed by atoms with Crippen LogP contribution in [0.1, 0.15) is 5.56 Å². The van der Waals surface area contributed by atoms with Gasteiger partial charge in [0.25, 0.3) is 0 Å². The van der Waals surface area contributed by atoms with E-state index in [1.807, 2.05) is 24.3 Å². The van der Waals surface area contributed by atoms with Gasteiger partial charge in [-0.3, -0.25) is 0 Å². The van der Waals surface area contributed by atoms with Crippen molar-refractivity contribution < 1.29 is 9.13 Å². The van der Waals surface area contributed by atoms with Crippen molar-refractivity contribution >= 4 is 11.6 Å². The molecule has 0 spiro atoms. The lowest BCUT2D eigenvalue weighted by atomic mass is 10.1. The van der Waals surface area contributed by atoms with Crippen LogP contribution in [0.4, 0.5) is 4.39 Å². The van der Waals surface area contributed by atoms with Crippen LogP contribution in [-0.2, 0) is 5.06 Å². The van der Waals surface area contributed by atoms with Gasteiger partial charge in [-0.2, -0.15) is 0 Å². The lowest BCUT2D eigenvalue weighted by Crippen LogP contribution is -2.28. The summed E-state index contributed by atoms with van der Waals surface area (Å²) in [6, 6.07) is 17.9. The van der Waals surface area contributed by atoms with E-state index in [0.29, 0.717) is 11.3 Å². The predicted octanol–water partition coefficient (Wildman–Crippen LogP) is 4.13. The van der Waals surface area contributed by atoms with Gasteiger partial charge in [0.2, 0.25) is 5.06 Å². The Morgan fingerprint density at radius 1 is 0.941 bits per heavy atom. The Morgan fingerprint density at radius 2 is 1.47 bits per heavy atom. The number of ether oxygens (including phenoxy) is 1. The highest BCUT2D eigenvalue weighted by molar-refractivity contribution is 6.23. The zero-order valence-corrected chi connectivity index (χ0v) is 9.90. The van der Waals surface area contributed by atoms with Gasteiger partial charge in [-0.15, -0.1) is 0 Å². The van der Waals surface area contributed by atoms with Gasteiger partial charge in [0.15, 0.2) is 0 Å². The molecule has 0 N–H and O–H groups in total. The third-order valence-corrected chi connectivity index (χ3v) is 2.80. The summed E-state index contributed by atoms with van der Waals surface area (Å²) < 4.78 is 18.7. The molecule has 0 saturated carbocycles. The molecule has 2 aromatic rings. The second kappa shape index (κ2) is 5.19. The van der Waals surface area contributed by atoms with Crippen LogP contribution in [0.15, 0.2) is 60.7 Å². The Kier molecular flexibility index (Phi) is 3.64. The summed E-state index contributed by atoms with van der Waals surface area (Å²) in [5.74, 6) is 0.545. The van der Waals surface area contributed by atoms with Crippen molar-refractivity contribution in [1.29, 1.82) is 0 Å². The van der Waals surface area contributed by atoms with Crippen molar-refractivity contribution in [3.63, 3.8) is 0 Å². The summed E-state index contributed by atoms with van der Waals surface area (Å²) in [7, 11) is 0. The Bertz CT molecular complexity index is 460. The normalized spacial score (nSPS) is 14.0. The van der Waals surface area contributed by atoms with E-state index in [1.54, 1.807) is 36.4 Å². The Balaban J connectivity index is 2.27. The molecule has 1 atom stereocenters. The van der Waals surface area contributed by atoms with Crippen molar-refractivity contribution in [3.8, 4) is 5.75 Å². The van der Waals surface area contributed by atoms with Crippen LogP contribution < -0.4 is 4.74 Å². The molecule has 0 aliphatic rings. The molecule has 2 rings (SSSR count). The maximum atomic E-state index is 13.2. The third kappa shape index (κ3) is 2.77. The zero-order chi connectivity index (χ0) is 12.1. The summed E-state index contributed by atoms with van der Waals surface area (Å²) >= 11 is 6.19. The van der Waals surface area contributed by atoms with E-state index < -0.39 is 11.7 Å². The Hall–Kier alpha value is -1.54. The van der Waals surface area contributed by atoms with Gasteiger partial charge in [-0.05, 0) is 12.1 Å². The number of halogens is 2. The number of hydrogen-bond acceptors (Lipinski definition) is 1. The lowest BCUT2D eigenvalue weighted by Gasteiger charge is -2.25. The summed E-state index contributed by atoms with van der Waals surface area (Å²) in [5, 5.41) is -1.46. The minimum atomic E-state index is -1.46. The molecule has 0 bridgehead atoms. The van der Waals surface area contributed by atoms with Crippen LogP contribution in [0.25, 0.3) is 0 Å². The van der Waals surface area contributed by atoms with Crippen LogP contribution >= 0.6 is 11.6 Å². The van der Waals surface area contributed by atoms with Crippen LogP contribution in [-0.4, -0.2) is 6.67 Å². The van der Waals surface area contributed by atoms with E-state index in [2.05, 4.69) is 0 Å². The molecule has 88 valence electrons. The number of para-hydroxylation sites is 1. The van der Waals surface area contributed by atoms with Gasteiger partial charge in [0, 0.05) is 5.56 Å². The molecule has 0 aliphatic heterocycles. The SMILES string of the molecule is FCC(Cl)(Oc1ccccc1)c1ccccc1. The topological polar surface area (TPSA) is 9.23 Å². The molecule has 1 nitrogen and oxygen atoms in total. The molecule has 17 heavy (non-hydrogen) atoms. The summed E-state index contributed by atoms with van der Waals surface area (Å²) in [6.07, 6.45) is 0. The molecule has 0 aliphatic carbocycles. The van der Waals surface area contributed by atoms with Crippen molar-refractivity contribution in [2.45, 2.75) is 5.06 Å². The molecule has 0 aromatic heterocycles. The van der Waals surface area contributed by atoms with Gasteiger partial charge in [-0.1, -0.05) is 60.1 Å². The maximum absolute atomic E-state index is 13.2. The fourth-order valence-corrected chi connectivity index (χ4v) is 1.74. The minimum absolute atomic E-state index is 0.545. The fourth-order valence-electron chi connectivity index (χ4n) is 1.53. The highest BCUT2D eigenvalue weighted by atomic mass is 35.5. The van der Waals surface area contributed by atoms with Crippen molar-refractivity contribution in [3.05, 3.63) is 66.2 Å². The van der Waals surface area contributed by atoms with Gasteiger partial charge in [0.05, 0.1) is 0 Å². The monoisotopic (exact) mass is 250 g/mol. The highest BCUT2D eigenvalue weighted by Gasteiger charge is 2.32. The Morgan fingerprint density at radius 3 is 2.00 bits per heavy atom. The van der Waals surface area contributed by atoms with E-state index in [1.165, 1.54) is 0 Å². The first kappa shape index (κ1) is 11.9. The smallest absolute Gasteiger partial charge is 0.236 e. The van der Waals surface area contributed by atoms with Crippen LogP contribution in [0.5, 0.6) is 5.75 Å². The summed E-state index contributed by atoms with van der Waals surface area (Å²) in [5.41, 5.74) is 0.605. The van der Waals surface area contributed by atoms with Crippen molar-refractivity contribution in [2.24, 2.45) is 0 Å². The molecule has 2 aromatic carbocycles. The van der Waals surface area contributed by atoms with Gasteiger partial charge in [0.1, 0.15) is 12.4 Å². The fraction of sp³-hybridized carbons (Fsp3) is 0.143. The molecule has 3 heteroatoms. The summed E-state index contributed by atoms with van der Waals surface area (Å²) in [6.45, 7) is -0.798. The van der Waals surface area contributed by atoms with E-state index in [0.717, 1.165) is 0 Å². The molecular weight excluding hydrogens is 239 g/mol. The molecule has 0 amide bonds. The molecular formula is C14H12ClFO. The van der Waals surface area contributed by atoms with Gasteiger partial charge >= 0.3 is 0 Å². The second-order valence-corrected chi connectivity index (χ2v) is 4.25. The largest absolute Gasteiger partial charge is 0.465 e. The van der Waals surface area contributed by atoms with Crippen molar-refractivity contribution in [2.75, 3.05) is 6.67 Å². The number of benzene rings is 2. The highest BCUT2D eigenvalue weighted by Crippen LogP contribution is 2.32. The first-order chi connectivity index (χ1) is 8.24. The van der Waals surface area contributed by atoms with E-state index in [9.17, 15) is 4.39 Å². The van der Waals surface area contributed by atoms with E-state index in [-0.39, 0.29) is 0 Å². The third-order valence-electron chi connectivity index (χ3n) is 2.40. The van der Waals surface area contributed by atoms with Crippen LogP contribution in [0.2, 0.25) is 0 Å².